The number of ether oxygens (including phenoxy) is 2. The third-order valence-corrected chi connectivity index (χ3v) is 3.26. The number of carbonyl (C=O) groups excluding carboxylic acids is 1. The Morgan fingerprint density at radius 3 is 2.65 bits per heavy atom. The number of hydrogen-bond acceptors (Lipinski definition) is 5. The van der Waals surface area contributed by atoms with Crippen LogP contribution in [0.1, 0.15) is 6.92 Å². The minimum atomic E-state index is -0.516. The number of para-hydroxylation sites is 2. The van der Waals surface area contributed by atoms with Gasteiger partial charge in [0.05, 0.1) is 7.11 Å². The minimum absolute atomic E-state index is 0.292. The fourth-order valence-electron chi connectivity index (χ4n) is 2.07. The molecule has 116 valence electrons. The van der Waals surface area contributed by atoms with Gasteiger partial charge in [0.25, 0.3) is 0 Å². The van der Waals surface area contributed by atoms with Gasteiger partial charge in [0.1, 0.15) is 5.52 Å². The Hall–Kier alpha value is -3.08. The second-order valence-corrected chi connectivity index (χ2v) is 5.02. The van der Waals surface area contributed by atoms with Gasteiger partial charge < -0.3 is 13.9 Å². The van der Waals surface area contributed by atoms with Crippen molar-refractivity contribution in [2.75, 3.05) is 7.11 Å². The summed E-state index contributed by atoms with van der Waals surface area (Å²) >= 11 is 0. The molecule has 0 amide bonds. The Balaban J connectivity index is 2.02. The Morgan fingerprint density at radius 2 is 1.96 bits per heavy atom. The molecule has 0 fully saturated rings. The molecule has 0 unspecified atom stereocenters. The summed E-state index contributed by atoms with van der Waals surface area (Å²) in [5, 5.41) is 0. The molecule has 23 heavy (non-hydrogen) atoms. The zero-order chi connectivity index (χ0) is 16.4. The Labute approximate surface area is 133 Å². The van der Waals surface area contributed by atoms with Crippen LogP contribution in [-0.4, -0.2) is 18.1 Å². The van der Waals surface area contributed by atoms with E-state index in [1.807, 2.05) is 24.3 Å². The predicted molar refractivity (Wildman–Crippen MR) is 86.4 cm³/mol. The molecule has 0 aliphatic heterocycles. The summed E-state index contributed by atoms with van der Waals surface area (Å²) in [5.41, 5.74) is 2.45. The van der Waals surface area contributed by atoms with Crippen LogP contribution >= 0.6 is 0 Å². The first-order chi connectivity index (χ1) is 11.1. The predicted octanol–water partition coefficient (Wildman–Crippen LogP) is 3.98. The van der Waals surface area contributed by atoms with Crippen molar-refractivity contribution in [2.24, 2.45) is 0 Å². The summed E-state index contributed by atoms with van der Waals surface area (Å²) in [6.45, 7) is 5.15. The first kappa shape index (κ1) is 14.8. The summed E-state index contributed by atoms with van der Waals surface area (Å²) in [5.74, 6) is 0.666. The summed E-state index contributed by atoms with van der Waals surface area (Å²) in [6, 6.07) is 12.6. The number of oxazole rings is 1. The Kier molecular flexibility index (Phi) is 3.85. The van der Waals surface area contributed by atoms with Gasteiger partial charge in [-0.15, -0.1) is 0 Å². The molecule has 0 N–H and O–H groups in total. The van der Waals surface area contributed by atoms with Gasteiger partial charge in [-0.2, -0.15) is 0 Å². The van der Waals surface area contributed by atoms with Crippen molar-refractivity contribution in [1.82, 2.24) is 4.98 Å². The standard InChI is InChI=1S/C18H15NO4/c1-11(2)18(20)23-16-10-12(8-9-15(16)21-3)17-19-13-6-4-5-7-14(13)22-17/h4-10H,1H2,2-3H3. The van der Waals surface area contributed by atoms with Crippen LogP contribution in [-0.2, 0) is 4.79 Å². The van der Waals surface area contributed by atoms with Crippen molar-refractivity contribution >= 4 is 17.1 Å². The molecule has 1 aromatic heterocycles. The van der Waals surface area contributed by atoms with Gasteiger partial charge in [0.2, 0.25) is 5.89 Å². The van der Waals surface area contributed by atoms with E-state index in [4.69, 9.17) is 13.9 Å². The maximum Gasteiger partial charge on any atom is 0.338 e. The molecule has 3 aromatic rings. The topological polar surface area (TPSA) is 61.6 Å². The first-order valence-corrected chi connectivity index (χ1v) is 7.00. The maximum absolute atomic E-state index is 11.8. The smallest absolute Gasteiger partial charge is 0.338 e. The van der Waals surface area contributed by atoms with Gasteiger partial charge in [-0.05, 0) is 37.3 Å². The SMILES string of the molecule is C=C(C)C(=O)Oc1cc(-c2nc3ccccc3o2)ccc1OC. The molecule has 2 aromatic carbocycles. The summed E-state index contributed by atoms with van der Waals surface area (Å²) in [7, 11) is 1.51. The molecule has 0 spiro atoms. The van der Waals surface area contributed by atoms with E-state index in [0.29, 0.717) is 34.1 Å². The zero-order valence-corrected chi connectivity index (χ0v) is 12.8. The molecule has 0 aliphatic rings. The molecule has 0 radical (unpaired) electrons. The fourth-order valence-corrected chi connectivity index (χ4v) is 2.07. The van der Waals surface area contributed by atoms with Crippen molar-refractivity contribution in [3.8, 4) is 23.0 Å². The lowest BCUT2D eigenvalue weighted by atomic mass is 10.2. The molecular weight excluding hydrogens is 294 g/mol. The number of rotatable bonds is 4. The number of aromatic nitrogens is 1. The minimum Gasteiger partial charge on any atom is -0.493 e. The maximum atomic E-state index is 11.8. The first-order valence-electron chi connectivity index (χ1n) is 7.00. The van der Waals surface area contributed by atoms with E-state index in [0.717, 1.165) is 5.52 Å². The van der Waals surface area contributed by atoms with Crippen LogP contribution in [0.5, 0.6) is 11.5 Å². The number of nitrogens with zero attached hydrogens (tertiary/aromatic N) is 1. The van der Waals surface area contributed by atoms with Gasteiger partial charge in [-0.1, -0.05) is 18.7 Å². The van der Waals surface area contributed by atoms with E-state index >= 15 is 0 Å². The zero-order valence-electron chi connectivity index (χ0n) is 12.8. The summed E-state index contributed by atoms with van der Waals surface area (Å²) < 4.78 is 16.2. The van der Waals surface area contributed by atoms with Crippen LogP contribution in [0.3, 0.4) is 0 Å². The molecule has 1 heterocycles. The van der Waals surface area contributed by atoms with Gasteiger partial charge in [0, 0.05) is 11.1 Å². The molecular formula is C18H15NO4. The number of benzene rings is 2. The molecule has 0 aliphatic carbocycles. The molecule has 0 bridgehead atoms. The lowest BCUT2D eigenvalue weighted by Gasteiger charge is -2.10. The van der Waals surface area contributed by atoms with Crippen LogP contribution in [0.15, 0.2) is 59.0 Å². The molecule has 5 heteroatoms. The quantitative estimate of drug-likeness (QED) is 0.414. The van der Waals surface area contributed by atoms with E-state index in [1.54, 1.807) is 25.1 Å². The van der Waals surface area contributed by atoms with Crippen molar-refractivity contribution in [3.63, 3.8) is 0 Å². The van der Waals surface area contributed by atoms with E-state index in [2.05, 4.69) is 11.6 Å². The van der Waals surface area contributed by atoms with Crippen LogP contribution < -0.4 is 9.47 Å². The van der Waals surface area contributed by atoms with Crippen molar-refractivity contribution in [3.05, 3.63) is 54.6 Å². The van der Waals surface area contributed by atoms with Gasteiger partial charge >= 0.3 is 5.97 Å². The third kappa shape index (κ3) is 2.94. The highest BCUT2D eigenvalue weighted by atomic mass is 16.6. The van der Waals surface area contributed by atoms with Crippen molar-refractivity contribution in [2.45, 2.75) is 6.92 Å². The molecule has 0 saturated carbocycles. The number of carbonyl (C=O) groups is 1. The summed E-state index contributed by atoms with van der Waals surface area (Å²) in [6.07, 6.45) is 0. The molecule has 0 atom stereocenters. The van der Waals surface area contributed by atoms with E-state index < -0.39 is 5.97 Å². The number of hydrogen-bond donors (Lipinski definition) is 0. The number of methoxy groups -OCH3 is 1. The highest BCUT2D eigenvalue weighted by Gasteiger charge is 2.15. The van der Waals surface area contributed by atoms with Crippen molar-refractivity contribution in [1.29, 1.82) is 0 Å². The molecule has 0 saturated heterocycles. The van der Waals surface area contributed by atoms with Gasteiger partial charge in [0.15, 0.2) is 17.1 Å². The second-order valence-electron chi connectivity index (χ2n) is 5.02. The number of fused-ring (bicyclic) bond motifs is 1. The highest BCUT2D eigenvalue weighted by Crippen LogP contribution is 2.33. The highest BCUT2D eigenvalue weighted by molar-refractivity contribution is 5.89. The molecule has 5 nitrogen and oxygen atoms in total. The normalized spacial score (nSPS) is 10.5. The largest absolute Gasteiger partial charge is 0.493 e. The van der Waals surface area contributed by atoms with E-state index in [1.165, 1.54) is 7.11 Å². The average molecular weight is 309 g/mol. The fraction of sp³-hybridized carbons (Fsp3) is 0.111. The lowest BCUT2D eigenvalue weighted by molar-refractivity contribution is -0.130. The van der Waals surface area contributed by atoms with Crippen molar-refractivity contribution < 1.29 is 18.7 Å². The van der Waals surface area contributed by atoms with Gasteiger partial charge in [-0.25, -0.2) is 9.78 Å². The van der Waals surface area contributed by atoms with E-state index in [-0.39, 0.29) is 0 Å². The third-order valence-electron chi connectivity index (χ3n) is 3.26. The average Bonchev–Trinajstić information content (AvgIpc) is 2.98. The van der Waals surface area contributed by atoms with Gasteiger partial charge in [-0.3, -0.25) is 0 Å². The van der Waals surface area contributed by atoms with E-state index in [9.17, 15) is 4.79 Å². The summed E-state index contributed by atoms with van der Waals surface area (Å²) in [4.78, 5) is 16.2. The number of esters is 1. The molecule has 3 rings (SSSR count). The van der Waals surface area contributed by atoms with Crippen LogP contribution in [0.4, 0.5) is 0 Å². The van der Waals surface area contributed by atoms with Crippen LogP contribution in [0.25, 0.3) is 22.6 Å². The second kappa shape index (κ2) is 5.96. The Bertz CT molecular complexity index is 862. The Morgan fingerprint density at radius 1 is 1.17 bits per heavy atom. The lowest BCUT2D eigenvalue weighted by Crippen LogP contribution is -2.09. The monoisotopic (exact) mass is 309 g/mol. The van der Waals surface area contributed by atoms with Crippen LogP contribution in [0.2, 0.25) is 0 Å². The van der Waals surface area contributed by atoms with Crippen LogP contribution in [0, 0.1) is 0 Å².